The summed E-state index contributed by atoms with van der Waals surface area (Å²) in [6.45, 7) is 3.50. The fourth-order valence-electron chi connectivity index (χ4n) is 1.14. The zero-order chi connectivity index (χ0) is 9.68. The molecule has 1 atom stereocenters. The Kier molecular flexibility index (Phi) is 3.26. The summed E-state index contributed by atoms with van der Waals surface area (Å²) in [5.74, 6) is -1.30. The molecule has 2 heteroatoms. The Bertz CT molecular complexity index is 290. The van der Waals surface area contributed by atoms with E-state index in [4.69, 9.17) is 5.11 Å². The Hall–Kier alpha value is -1.57. The Morgan fingerprint density at radius 1 is 1.46 bits per heavy atom. The molecular weight excluding hydrogens is 164 g/mol. The molecule has 1 aromatic rings. The molecule has 0 aromatic heterocycles. The molecule has 0 saturated carbocycles. The number of hydrogen-bond donors (Lipinski definition) is 1. The summed E-state index contributed by atoms with van der Waals surface area (Å²) in [6.07, 6.45) is 1.98. The summed E-state index contributed by atoms with van der Waals surface area (Å²) in [5, 5.41) is 8.76. The van der Waals surface area contributed by atoms with E-state index < -0.39 is 11.9 Å². The molecule has 1 N–H and O–H groups in total. The highest BCUT2D eigenvalue weighted by Crippen LogP contribution is 2.09. The van der Waals surface area contributed by atoms with Crippen molar-refractivity contribution in [2.75, 3.05) is 0 Å². The molecule has 0 bridgehead atoms. The lowest BCUT2D eigenvalue weighted by atomic mass is 10.00. The minimum Gasteiger partial charge on any atom is -0.481 e. The van der Waals surface area contributed by atoms with Crippen LogP contribution in [0, 0.1) is 5.92 Å². The van der Waals surface area contributed by atoms with Crippen molar-refractivity contribution >= 4 is 5.97 Å². The van der Waals surface area contributed by atoms with Crippen molar-refractivity contribution in [3.8, 4) is 0 Å². The highest BCUT2D eigenvalue weighted by atomic mass is 16.4. The first-order chi connectivity index (χ1) is 6.24. The van der Waals surface area contributed by atoms with E-state index in [-0.39, 0.29) is 0 Å². The van der Waals surface area contributed by atoms with E-state index in [0.29, 0.717) is 6.42 Å². The van der Waals surface area contributed by atoms with E-state index in [0.717, 1.165) is 5.56 Å². The van der Waals surface area contributed by atoms with Gasteiger partial charge in [0, 0.05) is 0 Å². The number of carbonyl (C=O) groups is 1. The maximum absolute atomic E-state index is 10.7. The highest BCUT2D eigenvalue weighted by Gasteiger charge is 2.12. The maximum Gasteiger partial charge on any atom is 0.310 e. The first-order valence-corrected chi connectivity index (χ1v) is 4.13. The zero-order valence-electron chi connectivity index (χ0n) is 7.31. The predicted octanol–water partition coefficient (Wildman–Crippen LogP) is 2.12. The fraction of sp³-hybridized carbons (Fsp3) is 0.182. The zero-order valence-corrected chi connectivity index (χ0v) is 7.31. The molecule has 1 aromatic carbocycles. The van der Waals surface area contributed by atoms with Gasteiger partial charge in [-0.1, -0.05) is 36.4 Å². The molecule has 0 aliphatic heterocycles. The van der Waals surface area contributed by atoms with Crippen LogP contribution in [0.1, 0.15) is 5.56 Å². The van der Waals surface area contributed by atoms with E-state index >= 15 is 0 Å². The summed E-state index contributed by atoms with van der Waals surface area (Å²) in [7, 11) is 0. The number of benzene rings is 1. The van der Waals surface area contributed by atoms with Gasteiger partial charge in [0.25, 0.3) is 0 Å². The van der Waals surface area contributed by atoms with Gasteiger partial charge in [0.15, 0.2) is 0 Å². The van der Waals surface area contributed by atoms with Crippen LogP contribution >= 0.6 is 0 Å². The van der Waals surface area contributed by atoms with Crippen LogP contribution in [-0.4, -0.2) is 11.1 Å². The van der Waals surface area contributed by atoms with Crippen LogP contribution < -0.4 is 0 Å². The minimum absolute atomic E-state index is 0.484. The van der Waals surface area contributed by atoms with Gasteiger partial charge in [-0.3, -0.25) is 4.79 Å². The molecule has 1 unspecified atom stereocenters. The summed E-state index contributed by atoms with van der Waals surface area (Å²) in [5.41, 5.74) is 1.02. The summed E-state index contributed by atoms with van der Waals surface area (Å²) >= 11 is 0. The number of hydrogen-bond acceptors (Lipinski definition) is 1. The molecule has 0 aliphatic rings. The normalized spacial score (nSPS) is 12.0. The van der Waals surface area contributed by atoms with Crippen molar-refractivity contribution < 1.29 is 9.90 Å². The van der Waals surface area contributed by atoms with Gasteiger partial charge in [-0.25, -0.2) is 0 Å². The molecule has 0 amide bonds. The van der Waals surface area contributed by atoms with Crippen LogP contribution in [0.2, 0.25) is 0 Å². The van der Waals surface area contributed by atoms with Gasteiger partial charge in [-0.15, -0.1) is 6.58 Å². The molecule has 0 spiro atoms. The third-order valence-corrected chi connectivity index (χ3v) is 1.90. The summed E-state index contributed by atoms with van der Waals surface area (Å²) in [4.78, 5) is 10.7. The molecule has 0 saturated heterocycles. The van der Waals surface area contributed by atoms with E-state index in [1.807, 2.05) is 30.3 Å². The van der Waals surface area contributed by atoms with Crippen LogP contribution in [-0.2, 0) is 11.2 Å². The maximum atomic E-state index is 10.7. The first kappa shape index (κ1) is 9.52. The lowest BCUT2D eigenvalue weighted by Crippen LogP contribution is -2.13. The fourth-order valence-corrected chi connectivity index (χ4v) is 1.14. The molecule has 68 valence electrons. The van der Waals surface area contributed by atoms with Crippen molar-refractivity contribution in [3.63, 3.8) is 0 Å². The minimum atomic E-state index is -0.821. The summed E-state index contributed by atoms with van der Waals surface area (Å²) < 4.78 is 0. The topological polar surface area (TPSA) is 37.3 Å². The van der Waals surface area contributed by atoms with Crippen LogP contribution in [0.4, 0.5) is 0 Å². The van der Waals surface area contributed by atoms with Gasteiger partial charge in [-0.2, -0.15) is 0 Å². The van der Waals surface area contributed by atoms with Crippen LogP contribution in [0.25, 0.3) is 0 Å². The SMILES string of the molecule is C=CC(Cc1ccccc1)C(=O)O. The predicted molar refractivity (Wildman–Crippen MR) is 51.5 cm³/mol. The third-order valence-electron chi connectivity index (χ3n) is 1.90. The largest absolute Gasteiger partial charge is 0.481 e. The average Bonchev–Trinajstić information content (AvgIpc) is 2.15. The van der Waals surface area contributed by atoms with Crippen molar-refractivity contribution in [1.29, 1.82) is 0 Å². The highest BCUT2D eigenvalue weighted by molar-refractivity contribution is 5.72. The van der Waals surface area contributed by atoms with Crippen LogP contribution in [0.5, 0.6) is 0 Å². The van der Waals surface area contributed by atoms with Gasteiger partial charge >= 0.3 is 5.97 Å². The molecule has 1 rings (SSSR count). The van der Waals surface area contributed by atoms with Gasteiger partial charge in [0.1, 0.15) is 0 Å². The quantitative estimate of drug-likeness (QED) is 0.713. The Morgan fingerprint density at radius 3 is 2.54 bits per heavy atom. The average molecular weight is 176 g/mol. The van der Waals surface area contributed by atoms with E-state index in [2.05, 4.69) is 6.58 Å². The van der Waals surface area contributed by atoms with Gasteiger partial charge in [-0.05, 0) is 12.0 Å². The van der Waals surface area contributed by atoms with E-state index in [9.17, 15) is 4.79 Å². The molecule has 0 aliphatic carbocycles. The first-order valence-electron chi connectivity index (χ1n) is 4.13. The van der Waals surface area contributed by atoms with Crippen molar-refractivity contribution in [1.82, 2.24) is 0 Å². The summed E-state index contributed by atoms with van der Waals surface area (Å²) in [6, 6.07) is 9.54. The number of aliphatic carboxylic acids is 1. The molecule has 2 nitrogen and oxygen atoms in total. The van der Waals surface area contributed by atoms with E-state index in [1.165, 1.54) is 6.08 Å². The van der Waals surface area contributed by atoms with Crippen LogP contribution in [0.3, 0.4) is 0 Å². The smallest absolute Gasteiger partial charge is 0.310 e. The van der Waals surface area contributed by atoms with Gasteiger partial charge in [0.05, 0.1) is 5.92 Å². The standard InChI is InChI=1S/C11H12O2/c1-2-10(11(12)13)8-9-6-4-3-5-7-9/h2-7,10H,1,8H2,(H,12,13). The van der Waals surface area contributed by atoms with Crippen molar-refractivity contribution in [2.45, 2.75) is 6.42 Å². The van der Waals surface area contributed by atoms with Crippen molar-refractivity contribution in [2.24, 2.45) is 5.92 Å². The van der Waals surface area contributed by atoms with Crippen LogP contribution in [0.15, 0.2) is 43.0 Å². The molecular formula is C11H12O2. The molecule has 0 heterocycles. The number of rotatable bonds is 4. The lowest BCUT2D eigenvalue weighted by molar-refractivity contribution is -0.140. The van der Waals surface area contributed by atoms with Gasteiger partial charge in [0.2, 0.25) is 0 Å². The monoisotopic (exact) mass is 176 g/mol. The number of carboxylic acids is 1. The molecule has 0 fully saturated rings. The second kappa shape index (κ2) is 4.45. The van der Waals surface area contributed by atoms with E-state index in [1.54, 1.807) is 0 Å². The van der Waals surface area contributed by atoms with Gasteiger partial charge < -0.3 is 5.11 Å². The van der Waals surface area contributed by atoms with Crippen molar-refractivity contribution in [3.05, 3.63) is 48.6 Å². The molecule has 13 heavy (non-hydrogen) atoms. The second-order valence-corrected chi connectivity index (χ2v) is 2.87. The molecule has 0 radical (unpaired) electrons. The lowest BCUT2D eigenvalue weighted by Gasteiger charge is -2.06. The Balaban J connectivity index is 2.67. The Morgan fingerprint density at radius 2 is 2.08 bits per heavy atom. The second-order valence-electron chi connectivity index (χ2n) is 2.87. The third kappa shape index (κ3) is 2.75. The Labute approximate surface area is 77.5 Å². The number of carboxylic acid groups (broad SMARTS) is 1.